The van der Waals surface area contributed by atoms with E-state index >= 15 is 4.39 Å². The van der Waals surface area contributed by atoms with Gasteiger partial charge in [-0.2, -0.15) is 0 Å². The normalized spacial score (nSPS) is 29.5. The van der Waals surface area contributed by atoms with Crippen molar-refractivity contribution in [3.8, 4) is 0 Å². The van der Waals surface area contributed by atoms with Crippen molar-refractivity contribution in [2.75, 3.05) is 19.8 Å². The maximum Gasteiger partial charge on any atom is 0.118 e. The van der Waals surface area contributed by atoms with Gasteiger partial charge in [-0.25, -0.2) is 4.39 Å². The standard InChI is InChI=1S/C16H23FN2O/c1-16(17,10-13-11-20-9-8-18-13)14-6-2-4-12-5-3-7-19-15(12)14/h3,5,7,13-14,18H,2,4,6,8-11H2,1H3. The number of alkyl halides is 1. The van der Waals surface area contributed by atoms with Crippen molar-refractivity contribution in [3.05, 3.63) is 29.6 Å². The van der Waals surface area contributed by atoms with Gasteiger partial charge in [0.2, 0.25) is 0 Å². The molecule has 2 heterocycles. The Morgan fingerprint density at radius 1 is 1.55 bits per heavy atom. The van der Waals surface area contributed by atoms with Crippen LogP contribution in [-0.2, 0) is 11.2 Å². The molecule has 3 unspecified atom stereocenters. The molecule has 1 fully saturated rings. The number of aryl methyl sites for hydroxylation is 1. The van der Waals surface area contributed by atoms with Crippen molar-refractivity contribution in [2.24, 2.45) is 0 Å². The lowest BCUT2D eigenvalue weighted by molar-refractivity contribution is 0.0366. The van der Waals surface area contributed by atoms with Crippen molar-refractivity contribution in [3.63, 3.8) is 0 Å². The van der Waals surface area contributed by atoms with Gasteiger partial charge in [0, 0.05) is 30.4 Å². The Morgan fingerprint density at radius 2 is 2.45 bits per heavy atom. The molecule has 1 aromatic rings. The summed E-state index contributed by atoms with van der Waals surface area (Å²) in [4.78, 5) is 4.47. The number of aromatic nitrogens is 1. The molecular weight excluding hydrogens is 255 g/mol. The second-order valence-corrected chi connectivity index (χ2v) is 6.20. The zero-order valence-electron chi connectivity index (χ0n) is 12.1. The Bertz CT molecular complexity index is 458. The largest absolute Gasteiger partial charge is 0.379 e. The van der Waals surface area contributed by atoms with E-state index in [1.807, 2.05) is 6.07 Å². The highest BCUT2D eigenvalue weighted by Gasteiger charge is 2.40. The fraction of sp³-hybridized carbons (Fsp3) is 0.688. The Morgan fingerprint density at radius 3 is 3.25 bits per heavy atom. The number of hydrogen-bond acceptors (Lipinski definition) is 3. The van der Waals surface area contributed by atoms with Crippen LogP contribution < -0.4 is 5.32 Å². The fourth-order valence-electron chi connectivity index (χ4n) is 3.57. The topological polar surface area (TPSA) is 34.1 Å². The molecule has 1 aliphatic heterocycles. The van der Waals surface area contributed by atoms with Crippen molar-refractivity contribution in [2.45, 2.75) is 50.2 Å². The molecule has 0 radical (unpaired) electrons. The Balaban J connectivity index is 1.77. The molecule has 3 atom stereocenters. The highest BCUT2D eigenvalue weighted by atomic mass is 19.1. The van der Waals surface area contributed by atoms with Gasteiger partial charge in [0.05, 0.1) is 13.2 Å². The van der Waals surface area contributed by atoms with Crippen LogP contribution in [0.5, 0.6) is 0 Å². The predicted molar refractivity (Wildman–Crippen MR) is 76.7 cm³/mol. The molecule has 0 saturated carbocycles. The van der Waals surface area contributed by atoms with Crippen LogP contribution in [0.3, 0.4) is 0 Å². The summed E-state index contributed by atoms with van der Waals surface area (Å²) >= 11 is 0. The van der Waals surface area contributed by atoms with Crippen LogP contribution in [0.4, 0.5) is 4.39 Å². The summed E-state index contributed by atoms with van der Waals surface area (Å²) in [5.74, 6) is -0.0869. The van der Waals surface area contributed by atoms with E-state index in [2.05, 4.69) is 16.4 Å². The van der Waals surface area contributed by atoms with Gasteiger partial charge in [0.1, 0.15) is 5.67 Å². The summed E-state index contributed by atoms with van der Waals surface area (Å²) in [6, 6.07) is 4.16. The first-order valence-corrected chi connectivity index (χ1v) is 7.60. The Hall–Kier alpha value is -1.00. The molecule has 1 N–H and O–H groups in total. The van der Waals surface area contributed by atoms with E-state index in [1.54, 1.807) is 13.1 Å². The SMILES string of the molecule is CC(F)(CC1COCCN1)C1CCCc2cccnc21. The predicted octanol–water partition coefficient (Wildman–Crippen LogP) is 2.61. The summed E-state index contributed by atoms with van der Waals surface area (Å²) in [6.07, 6.45) is 5.26. The molecule has 1 aliphatic carbocycles. The minimum atomic E-state index is -1.23. The monoisotopic (exact) mass is 278 g/mol. The molecule has 4 heteroatoms. The van der Waals surface area contributed by atoms with Gasteiger partial charge in [-0.05, 0) is 44.2 Å². The van der Waals surface area contributed by atoms with Gasteiger partial charge in [-0.1, -0.05) is 6.07 Å². The Kier molecular flexibility index (Phi) is 4.03. The minimum Gasteiger partial charge on any atom is -0.379 e. The average Bonchev–Trinajstić information content (AvgIpc) is 2.47. The quantitative estimate of drug-likeness (QED) is 0.923. The molecule has 2 aliphatic rings. The first kappa shape index (κ1) is 14.0. The number of nitrogens with one attached hydrogen (secondary N) is 1. The molecule has 20 heavy (non-hydrogen) atoms. The summed E-state index contributed by atoms with van der Waals surface area (Å²) in [6.45, 7) is 3.90. The van der Waals surface area contributed by atoms with Crippen LogP contribution in [0.1, 0.15) is 43.4 Å². The number of rotatable bonds is 3. The number of pyridine rings is 1. The van der Waals surface area contributed by atoms with Gasteiger partial charge in [0.25, 0.3) is 0 Å². The number of halogens is 1. The molecule has 1 aromatic heterocycles. The van der Waals surface area contributed by atoms with Gasteiger partial charge in [-0.3, -0.25) is 4.98 Å². The highest BCUT2D eigenvalue weighted by molar-refractivity contribution is 5.28. The first-order valence-electron chi connectivity index (χ1n) is 7.60. The third-order valence-corrected chi connectivity index (χ3v) is 4.57. The maximum absolute atomic E-state index is 15.3. The van der Waals surface area contributed by atoms with Crippen LogP contribution >= 0.6 is 0 Å². The van der Waals surface area contributed by atoms with E-state index in [1.165, 1.54) is 5.56 Å². The lowest BCUT2D eigenvalue weighted by Gasteiger charge is -2.37. The molecule has 0 bridgehead atoms. The third kappa shape index (κ3) is 2.86. The zero-order chi connectivity index (χ0) is 14.0. The number of morpholine rings is 1. The second-order valence-electron chi connectivity index (χ2n) is 6.20. The molecule has 0 aromatic carbocycles. The number of ether oxygens (including phenoxy) is 1. The van der Waals surface area contributed by atoms with Gasteiger partial charge in [0.15, 0.2) is 0 Å². The third-order valence-electron chi connectivity index (χ3n) is 4.57. The summed E-state index contributed by atoms with van der Waals surface area (Å²) in [7, 11) is 0. The van der Waals surface area contributed by atoms with Gasteiger partial charge >= 0.3 is 0 Å². The lowest BCUT2D eigenvalue weighted by Crippen LogP contribution is -2.46. The van der Waals surface area contributed by atoms with Crippen LogP contribution in [0.2, 0.25) is 0 Å². The van der Waals surface area contributed by atoms with Crippen molar-refractivity contribution < 1.29 is 9.13 Å². The molecular formula is C16H23FN2O. The van der Waals surface area contributed by atoms with Crippen LogP contribution in [0.15, 0.2) is 18.3 Å². The minimum absolute atomic E-state index is 0.0869. The molecule has 110 valence electrons. The van der Waals surface area contributed by atoms with Crippen molar-refractivity contribution >= 4 is 0 Å². The van der Waals surface area contributed by atoms with Crippen LogP contribution in [0, 0.1) is 0 Å². The Labute approximate surface area is 119 Å². The smallest absolute Gasteiger partial charge is 0.118 e. The van der Waals surface area contributed by atoms with Crippen LogP contribution in [-0.4, -0.2) is 36.5 Å². The van der Waals surface area contributed by atoms with Crippen LogP contribution in [0.25, 0.3) is 0 Å². The fourth-order valence-corrected chi connectivity index (χ4v) is 3.57. The first-order chi connectivity index (χ1) is 9.67. The summed E-state index contributed by atoms with van der Waals surface area (Å²) < 4.78 is 20.7. The molecule has 1 saturated heterocycles. The zero-order valence-corrected chi connectivity index (χ0v) is 12.1. The van der Waals surface area contributed by atoms with E-state index in [0.717, 1.165) is 38.1 Å². The second kappa shape index (κ2) is 5.78. The van der Waals surface area contributed by atoms with E-state index < -0.39 is 5.67 Å². The van der Waals surface area contributed by atoms with E-state index in [0.29, 0.717) is 13.0 Å². The summed E-state index contributed by atoms with van der Waals surface area (Å²) in [5.41, 5.74) is 0.961. The summed E-state index contributed by atoms with van der Waals surface area (Å²) in [5, 5.41) is 3.35. The average molecular weight is 278 g/mol. The highest BCUT2D eigenvalue weighted by Crippen LogP contribution is 2.42. The number of fused-ring (bicyclic) bond motifs is 1. The van der Waals surface area contributed by atoms with E-state index in [-0.39, 0.29) is 12.0 Å². The molecule has 0 amide bonds. The molecule has 3 nitrogen and oxygen atoms in total. The van der Waals surface area contributed by atoms with E-state index in [4.69, 9.17) is 4.74 Å². The van der Waals surface area contributed by atoms with E-state index in [9.17, 15) is 0 Å². The number of nitrogens with zero attached hydrogens (tertiary/aromatic N) is 1. The lowest BCUT2D eigenvalue weighted by atomic mass is 9.75. The van der Waals surface area contributed by atoms with Gasteiger partial charge in [-0.15, -0.1) is 0 Å². The van der Waals surface area contributed by atoms with Crippen molar-refractivity contribution in [1.29, 1.82) is 0 Å². The molecule has 3 rings (SSSR count). The number of hydrogen-bond donors (Lipinski definition) is 1. The van der Waals surface area contributed by atoms with Crippen molar-refractivity contribution in [1.82, 2.24) is 10.3 Å². The van der Waals surface area contributed by atoms with Gasteiger partial charge < -0.3 is 10.1 Å². The maximum atomic E-state index is 15.3. The molecule has 0 spiro atoms.